The maximum absolute atomic E-state index is 11.8. The first-order chi connectivity index (χ1) is 8.91. The number of carbonyl (C=O) groups is 1. The van der Waals surface area contributed by atoms with Crippen LogP contribution in [0, 0.1) is 11.8 Å². The molecule has 2 unspecified atom stereocenters. The Hall–Kier alpha value is -1.03. The Kier molecular flexibility index (Phi) is 4.19. The predicted molar refractivity (Wildman–Crippen MR) is 80.3 cm³/mol. The molecule has 4 heteroatoms. The molecule has 0 aromatic heterocycles. The Morgan fingerprint density at radius 1 is 1.37 bits per heavy atom. The zero-order chi connectivity index (χ0) is 14.0. The smallest absolute Gasteiger partial charge is 0.329 e. The molecule has 3 nitrogen and oxygen atoms in total. The molecule has 0 amide bonds. The molecule has 1 aromatic rings. The number of rotatable bonds is 3. The SMILES string of the molecule is CC1CC(C)CC(Nc2cccc(Br)c2)(C(=O)O)C1. The second-order valence-electron chi connectivity index (χ2n) is 5.88. The molecule has 1 fully saturated rings. The van der Waals surface area contributed by atoms with Crippen molar-refractivity contribution in [2.24, 2.45) is 11.8 Å². The van der Waals surface area contributed by atoms with Crippen LogP contribution in [0.2, 0.25) is 0 Å². The quantitative estimate of drug-likeness (QED) is 0.878. The second kappa shape index (κ2) is 5.53. The number of hydrogen-bond donors (Lipinski definition) is 2. The van der Waals surface area contributed by atoms with Crippen LogP contribution in [0.15, 0.2) is 28.7 Å². The van der Waals surface area contributed by atoms with Gasteiger partial charge in [0, 0.05) is 10.2 Å². The van der Waals surface area contributed by atoms with E-state index in [1.54, 1.807) is 0 Å². The van der Waals surface area contributed by atoms with Gasteiger partial charge in [0.2, 0.25) is 0 Å². The van der Waals surface area contributed by atoms with Gasteiger partial charge in [-0.2, -0.15) is 0 Å². The number of halogens is 1. The molecule has 1 aliphatic rings. The lowest BCUT2D eigenvalue weighted by Gasteiger charge is -2.40. The molecule has 2 rings (SSSR count). The predicted octanol–water partition coefficient (Wildman–Crippen LogP) is 4.14. The molecule has 0 radical (unpaired) electrons. The molecule has 1 aromatic carbocycles. The van der Waals surface area contributed by atoms with Crippen LogP contribution in [0.25, 0.3) is 0 Å². The summed E-state index contributed by atoms with van der Waals surface area (Å²) in [5.74, 6) is 0.116. The molecule has 0 spiro atoms. The number of carboxylic acids is 1. The van der Waals surface area contributed by atoms with E-state index in [-0.39, 0.29) is 0 Å². The van der Waals surface area contributed by atoms with Gasteiger partial charge in [-0.3, -0.25) is 0 Å². The van der Waals surface area contributed by atoms with E-state index in [4.69, 9.17) is 0 Å². The van der Waals surface area contributed by atoms with E-state index in [9.17, 15) is 9.90 Å². The number of hydrogen-bond acceptors (Lipinski definition) is 2. The topological polar surface area (TPSA) is 49.3 Å². The highest BCUT2D eigenvalue weighted by atomic mass is 79.9. The molecular formula is C15H20BrNO2. The number of anilines is 1. The minimum atomic E-state index is -0.835. The molecule has 0 heterocycles. The number of nitrogens with one attached hydrogen (secondary N) is 1. The van der Waals surface area contributed by atoms with Gasteiger partial charge in [0.1, 0.15) is 5.54 Å². The molecule has 1 aliphatic carbocycles. The van der Waals surface area contributed by atoms with E-state index < -0.39 is 11.5 Å². The summed E-state index contributed by atoms with van der Waals surface area (Å²) >= 11 is 3.42. The first-order valence-electron chi connectivity index (χ1n) is 6.68. The Morgan fingerprint density at radius 2 is 2.00 bits per heavy atom. The van der Waals surface area contributed by atoms with Crippen LogP contribution in [-0.2, 0) is 4.79 Å². The lowest BCUT2D eigenvalue weighted by Crippen LogP contribution is -2.51. The van der Waals surface area contributed by atoms with Crippen molar-refractivity contribution in [3.8, 4) is 0 Å². The first kappa shape index (κ1) is 14.4. The summed E-state index contributed by atoms with van der Waals surface area (Å²) in [7, 11) is 0. The van der Waals surface area contributed by atoms with E-state index in [0.717, 1.165) is 16.6 Å². The Bertz CT molecular complexity index is 465. The number of carboxylic acid groups (broad SMARTS) is 1. The highest BCUT2D eigenvalue weighted by Crippen LogP contribution is 2.38. The van der Waals surface area contributed by atoms with Gasteiger partial charge in [0.25, 0.3) is 0 Å². The maximum atomic E-state index is 11.8. The fraction of sp³-hybridized carbons (Fsp3) is 0.533. The average molecular weight is 326 g/mol. The van der Waals surface area contributed by atoms with Gasteiger partial charge in [-0.1, -0.05) is 35.8 Å². The van der Waals surface area contributed by atoms with Crippen LogP contribution in [0.5, 0.6) is 0 Å². The van der Waals surface area contributed by atoms with Gasteiger partial charge in [-0.05, 0) is 49.3 Å². The fourth-order valence-electron chi connectivity index (χ4n) is 3.30. The number of benzene rings is 1. The summed E-state index contributed by atoms with van der Waals surface area (Å²) in [4.78, 5) is 11.8. The standard InChI is InChI=1S/C15H20BrNO2/c1-10-6-11(2)9-15(8-10,14(18)19)17-13-5-3-4-12(16)7-13/h3-5,7,10-11,17H,6,8-9H2,1-2H3,(H,18,19). The largest absolute Gasteiger partial charge is 0.480 e. The van der Waals surface area contributed by atoms with Crippen LogP contribution in [0.4, 0.5) is 5.69 Å². The van der Waals surface area contributed by atoms with E-state index in [1.165, 1.54) is 0 Å². The third-order valence-electron chi connectivity index (χ3n) is 3.82. The Labute approximate surface area is 122 Å². The number of aliphatic carboxylic acids is 1. The van der Waals surface area contributed by atoms with Crippen molar-refractivity contribution < 1.29 is 9.90 Å². The van der Waals surface area contributed by atoms with Crippen LogP contribution < -0.4 is 5.32 Å². The van der Waals surface area contributed by atoms with Crippen molar-refractivity contribution in [3.05, 3.63) is 28.7 Å². The molecule has 104 valence electrons. The third-order valence-corrected chi connectivity index (χ3v) is 4.31. The van der Waals surface area contributed by atoms with Gasteiger partial charge < -0.3 is 10.4 Å². The second-order valence-corrected chi connectivity index (χ2v) is 6.79. The van der Waals surface area contributed by atoms with Crippen LogP contribution in [-0.4, -0.2) is 16.6 Å². The molecule has 0 bridgehead atoms. The monoisotopic (exact) mass is 325 g/mol. The maximum Gasteiger partial charge on any atom is 0.329 e. The van der Waals surface area contributed by atoms with Crippen molar-refractivity contribution in [2.45, 2.75) is 38.6 Å². The van der Waals surface area contributed by atoms with Crippen LogP contribution in [0.3, 0.4) is 0 Å². The first-order valence-corrected chi connectivity index (χ1v) is 7.48. The summed E-state index contributed by atoms with van der Waals surface area (Å²) in [6.07, 6.45) is 2.47. The summed E-state index contributed by atoms with van der Waals surface area (Å²) in [5.41, 5.74) is 0.0239. The molecule has 0 saturated heterocycles. The lowest BCUT2D eigenvalue weighted by molar-refractivity contribution is -0.144. The molecule has 19 heavy (non-hydrogen) atoms. The van der Waals surface area contributed by atoms with Gasteiger partial charge in [0.05, 0.1) is 0 Å². The van der Waals surface area contributed by atoms with Crippen molar-refractivity contribution in [1.29, 1.82) is 0 Å². The van der Waals surface area contributed by atoms with Crippen molar-refractivity contribution in [3.63, 3.8) is 0 Å². The average Bonchev–Trinajstić information content (AvgIpc) is 2.27. The van der Waals surface area contributed by atoms with Crippen molar-refractivity contribution >= 4 is 27.6 Å². The van der Waals surface area contributed by atoms with Crippen molar-refractivity contribution in [2.75, 3.05) is 5.32 Å². The summed E-state index contributed by atoms with van der Waals surface area (Å²) in [6.45, 7) is 4.27. The van der Waals surface area contributed by atoms with Gasteiger partial charge in [0.15, 0.2) is 0 Å². The molecule has 2 atom stereocenters. The molecule has 0 aliphatic heterocycles. The van der Waals surface area contributed by atoms with Gasteiger partial charge >= 0.3 is 5.97 Å². The zero-order valence-electron chi connectivity index (χ0n) is 11.3. The summed E-state index contributed by atoms with van der Waals surface area (Å²) < 4.78 is 0.954. The minimum absolute atomic E-state index is 0.430. The third kappa shape index (κ3) is 3.30. The van der Waals surface area contributed by atoms with Crippen LogP contribution >= 0.6 is 15.9 Å². The van der Waals surface area contributed by atoms with E-state index >= 15 is 0 Å². The minimum Gasteiger partial charge on any atom is -0.480 e. The highest BCUT2D eigenvalue weighted by Gasteiger charge is 2.44. The van der Waals surface area contributed by atoms with Gasteiger partial charge in [-0.25, -0.2) is 4.79 Å². The summed E-state index contributed by atoms with van der Waals surface area (Å²) in [5, 5.41) is 12.9. The Morgan fingerprint density at radius 3 is 2.53 bits per heavy atom. The van der Waals surface area contributed by atoms with Crippen molar-refractivity contribution in [1.82, 2.24) is 0 Å². The fourth-order valence-corrected chi connectivity index (χ4v) is 3.70. The van der Waals surface area contributed by atoms with Gasteiger partial charge in [-0.15, -0.1) is 0 Å². The molecular weight excluding hydrogens is 306 g/mol. The lowest BCUT2D eigenvalue weighted by atomic mass is 9.71. The summed E-state index contributed by atoms with van der Waals surface area (Å²) in [6, 6.07) is 7.69. The normalized spacial score (nSPS) is 30.9. The molecule has 1 saturated carbocycles. The van der Waals surface area contributed by atoms with E-state index in [1.807, 2.05) is 24.3 Å². The zero-order valence-corrected chi connectivity index (χ0v) is 12.9. The Balaban J connectivity index is 2.27. The molecule has 2 N–H and O–H groups in total. The van der Waals surface area contributed by atoms with E-state index in [0.29, 0.717) is 24.7 Å². The van der Waals surface area contributed by atoms with E-state index in [2.05, 4.69) is 35.1 Å². The highest BCUT2D eigenvalue weighted by molar-refractivity contribution is 9.10. The van der Waals surface area contributed by atoms with Crippen LogP contribution in [0.1, 0.15) is 33.1 Å².